The predicted octanol–water partition coefficient (Wildman–Crippen LogP) is 2.21. The highest BCUT2D eigenvalue weighted by molar-refractivity contribution is 5.96. The maximum Gasteiger partial charge on any atom is 0.325 e. The maximum atomic E-state index is 12.7. The molecule has 0 N–H and O–H groups in total. The van der Waals surface area contributed by atoms with Crippen molar-refractivity contribution in [1.82, 2.24) is 15.0 Å². The molecule has 0 radical (unpaired) electrons. The number of carbonyl (C=O) groups is 2. The molecule has 3 rings (SSSR count). The molecule has 0 atom stereocenters. The molecular formula is C17H19N3O4. The SMILES string of the molecule is CCOC(=O)CN(C(=O)c1ccc(-c2nc(C)no2)cc1)C1CC1. The van der Waals surface area contributed by atoms with E-state index in [1.807, 2.05) is 0 Å². The van der Waals surface area contributed by atoms with Crippen molar-refractivity contribution >= 4 is 11.9 Å². The summed E-state index contributed by atoms with van der Waals surface area (Å²) in [6.07, 6.45) is 1.84. The van der Waals surface area contributed by atoms with Gasteiger partial charge in [0, 0.05) is 17.2 Å². The summed E-state index contributed by atoms with van der Waals surface area (Å²) in [5, 5.41) is 3.75. The molecule has 24 heavy (non-hydrogen) atoms. The zero-order chi connectivity index (χ0) is 17.1. The largest absolute Gasteiger partial charge is 0.465 e. The Hall–Kier alpha value is -2.70. The monoisotopic (exact) mass is 329 g/mol. The molecule has 1 aliphatic rings. The maximum absolute atomic E-state index is 12.7. The minimum Gasteiger partial charge on any atom is -0.465 e. The average Bonchev–Trinajstić information content (AvgIpc) is 3.33. The van der Waals surface area contributed by atoms with Gasteiger partial charge in [-0.15, -0.1) is 0 Å². The average molecular weight is 329 g/mol. The zero-order valence-corrected chi connectivity index (χ0v) is 13.7. The van der Waals surface area contributed by atoms with Crippen LogP contribution >= 0.6 is 0 Å². The van der Waals surface area contributed by atoms with Crippen LogP contribution in [0.1, 0.15) is 35.9 Å². The number of ether oxygens (including phenoxy) is 1. The molecule has 0 aliphatic heterocycles. The molecule has 0 spiro atoms. The number of benzene rings is 1. The van der Waals surface area contributed by atoms with Crippen LogP contribution in [-0.4, -0.2) is 46.1 Å². The predicted molar refractivity (Wildman–Crippen MR) is 85.2 cm³/mol. The van der Waals surface area contributed by atoms with E-state index in [2.05, 4.69) is 10.1 Å². The lowest BCUT2D eigenvalue weighted by molar-refractivity contribution is -0.144. The normalized spacial score (nSPS) is 13.6. The van der Waals surface area contributed by atoms with Crippen LogP contribution in [0.2, 0.25) is 0 Å². The third-order valence-electron chi connectivity index (χ3n) is 3.76. The second-order valence-electron chi connectivity index (χ2n) is 5.69. The van der Waals surface area contributed by atoms with Crippen molar-refractivity contribution < 1.29 is 18.8 Å². The number of aryl methyl sites for hydroxylation is 1. The first-order chi connectivity index (χ1) is 11.6. The molecule has 1 saturated carbocycles. The Labute approximate surface area is 139 Å². The van der Waals surface area contributed by atoms with Crippen LogP contribution in [-0.2, 0) is 9.53 Å². The van der Waals surface area contributed by atoms with Gasteiger partial charge < -0.3 is 14.2 Å². The van der Waals surface area contributed by atoms with Gasteiger partial charge in [-0.2, -0.15) is 4.98 Å². The van der Waals surface area contributed by atoms with Crippen molar-refractivity contribution in [3.8, 4) is 11.5 Å². The molecule has 1 aromatic carbocycles. The van der Waals surface area contributed by atoms with Crippen LogP contribution in [0, 0.1) is 6.92 Å². The van der Waals surface area contributed by atoms with Crippen LogP contribution in [0.3, 0.4) is 0 Å². The van der Waals surface area contributed by atoms with E-state index in [1.165, 1.54) is 0 Å². The molecule has 0 bridgehead atoms. The summed E-state index contributed by atoms with van der Waals surface area (Å²) in [6, 6.07) is 7.06. The Morgan fingerprint density at radius 1 is 1.29 bits per heavy atom. The molecule has 7 heteroatoms. The van der Waals surface area contributed by atoms with Crippen molar-refractivity contribution in [3.63, 3.8) is 0 Å². The van der Waals surface area contributed by atoms with E-state index in [9.17, 15) is 9.59 Å². The fourth-order valence-corrected chi connectivity index (χ4v) is 2.43. The fraction of sp³-hybridized carbons (Fsp3) is 0.412. The van der Waals surface area contributed by atoms with Crippen LogP contribution in [0.4, 0.5) is 0 Å². The number of rotatable bonds is 6. The summed E-state index contributed by atoms with van der Waals surface area (Å²) < 4.78 is 10.1. The van der Waals surface area contributed by atoms with Gasteiger partial charge in [0.1, 0.15) is 6.54 Å². The number of nitrogens with zero attached hydrogens (tertiary/aromatic N) is 3. The lowest BCUT2D eigenvalue weighted by Gasteiger charge is -2.21. The van der Waals surface area contributed by atoms with E-state index in [-0.39, 0.29) is 24.5 Å². The van der Waals surface area contributed by atoms with Gasteiger partial charge in [-0.25, -0.2) is 0 Å². The van der Waals surface area contributed by atoms with E-state index in [0.29, 0.717) is 23.9 Å². The summed E-state index contributed by atoms with van der Waals surface area (Å²) in [7, 11) is 0. The van der Waals surface area contributed by atoms with E-state index in [4.69, 9.17) is 9.26 Å². The third kappa shape index (κ3) is 3.61. The molecule has 1 aromatic heterocycles. The second-order valence-corrected chi connectivity index (χ2v) is 5.69. The first-order valence-corrected chi connectivity index (χ1v) is 7.96. The highest BCUT2D eigenvalue weighted by Gasteiger charge is 2.34. The van der Waals surface area contributed by atoms with Gasteiger partial charge in [-0.1, -0.05) is 5.16 Å². The molecule has 1 amide bonds. The number of carbonyl (C=O) groups excluding carboxylic acids is 2. The van der Waals surface area contributed by atoms with Crippen molar-refractivity contribution in [3.05, 3.63) is 35.7 Å². The Balaban J connectivity index is 1.74. The van der Waals surface area contributed by atoms with Gasteiger partial charge in [-0.3, -0.25) is 9.59 Å². The fourth-order valence-electron chi connectivity index (χ4n) is 2.43. The van der Waals surface area contributed by atoms with E-state index in [1.54, 1.807) is 43.0 Å². The van der Waals surface area contributed by atoms with Crippen molar-refractivity contribution in [2.45, 2.75) is 32.7 Å². The summed E-state index contributed by atoms with van der Waals surface area (Å²) in [5.74, 6) is 0.422. The Morgan fingerprint density at radius 3 is 2.54 bits per heavy atom. The molecule has 0 saturated heterocycles. The molecule has 1 fully saturated rings. The first-order valence-electron chi connectivity index (χ1n) is 7.96. The lowest BCUT2D eigenvalue weighted by Crippen LogP contribution is -2.38. The first kappa shape index (κ1) is 16.2. The molecule has 2 aromatic rings. The molecule has 126 valence electrons. The Kier molecular flexibility index (Phi) is 4.59. The van der Waals surface area contributed by atoms with Gasteiger partial charge in [-0.05, 0) is 51.0 Å². The minimum atomic E-state index is -0.379. The number of hydrogen-bond donors (Lipinski definition) is 0. The number of esters is 1. The van der Waals surface area contributed by atoms with Gasteiger partial charge >= 0.3 is 5.97 Å². The summed E-state index contributed by atoms with van der Waals surface area (Å²) in [5.41, 5.74) is 1.27. The van der Waals surface area contributed by atoms with E-state index < -0.39 is 0 Å². The highest BCUT2D eigenvalue weighted by Crippen LogP contribution is 2.28. The van der Waals surface area contributed by atoms with Crippen LogP contribution < -0.4 is 0 Å². The van der Waals surface area contributed by atoms with Gasteiger partial charge in [0.15, 0.2) is 5.82 Å². The van der Waals surface area contributed by atoms with E-state index in [0.717, 1.165) is 18.4 Å². The number of hydrogen-bond acceptors (Lipinski definition) is 6. The number of aromatic nitrogens is 2. The smallest absolute Gasteiger partial charge is 0.325 e. The Bertz CT molecular complexity index is 735. The van der Waals surface area contributed by atoms with Crippen LogP contribution in [0.15, 0.2) is 28.8 Å². The summed E-state index contributed by atoms with van der Waals surface area (Å²) in [4.78, 5) is 30.1. The Morgan fingerprint density at radius 2 is 2.00 bits per heavy atom. The third-order valence-corrected chi connectivity index (χ3v) is 3.76. The lowest BCUT2D eigenvalue weighted by atomic mass is 10.1. The van der Waals surface area contributed by atoms with Crippen molar-refractivity contribution in [2.24, 2.45) is 0 Å². The van der Waals surface area contributed by atoms with Gasteiger partial charge in [0.05, 0.1) is 6.61 Å². The summed E-state index contributed by atoms with van der Waals surface area (Å²) >= 11 is 0. The van der Waals surface area contributed by atoms with Crippen molar-refractivity contribution in [1.29, 1.82) is 0 Å². The van der Waals surface area contributed by atoms with E-state index >= 15 is 0 Å². The zero-order valence-electron chi connectivity index (χ0n) is 13.7. The van der Waals surface area contributed by atoms with Crippen LogP contribution in [0.5, 0.6) is 0 Å². The number of amides is 1. The highest BCUT2D eigenvalue weighted by atomic mass is 16.5. The molecule has 1 heterocycles. The topological polar surface area (TPSA) is 85.5 Å². The van der Waals surface area contributed by atoms with Crippen molar-refractivity contribution in [2.75, 3.05) is 13.2 Å². The molecular weight excluding hydrogens is 310 g/mol. The van der Waals surface area contributed by atoms with Gasteiger partial charge in [0.2, 0.25) is 0 Å². The molecule has 0 unspecified atom stereocenters. The standard InChI is InChI=1S/C17H19N3O4/c1-3-23-15(21)10-20(14-8-9-14)17(22)13-6-4-12(5-7-13)16-18-11(2)19-24-16/h4-7,14H,3,8-10H2,1-2H3. The van der Waals surface area contributed by atoms with Crippen LogP contribution in [0.25, 0.3) is 11.5 Å². The second kappa shape index (κ2) is 6.82. The minimum absolute atomic E-state index is 0.0120. The molecule has 1 aliphatic carbocycles. The quantitative estimate of drug-likeness (QED) is 0.755. The summed E-state index contributed by atoms with van der Waals surface area (Å²) in [6.45, 7) is 3.79. The molecule has 7 nitrogen and oxygen atoms in total. The van der Waals surface area contributed by atoms with Gasteiger partial charge in [0.25, 0.3) is 11.8 Å².